The number of nitrogens with zero attached hydrogens (tertiary/aromatic N) is 1. The Hall–Kier alpha value is -1.46. The molecule has 31 heavy (non-hydrogen) atoms. The molecule has 1 aromatic carbocycles. The molecule has 176 valence electrons. The highest BCUT2D eigenvalue weighted by atomic mass is 35.5. The summed E-state index contributed by atoms with van der Waals surface area (Å²) in [5, 5.41) is 47.1. The van der Waals surface area contributed by atoms with E-state index in [1.54, 1.807) is 6.07 Å². The molecule has 0 radical (unpaired) electrons. The van der Waals surface area contributed by atoms with Crippen LogP contribution in [0.25, 0.3) is 0 Å². The molecule has 1 aliphatic heterocycles. The Morgan fingerprint density at radius 1 is 1.16 bits per heavy atom. The predicted molar refractivity (Wildman–Crippen MR) is 116 cm³/mol. The van der Waals surface area contributed by atoms with Gasteiger partial charge in [0.25, 0.3) is 0 Å². The van der Waals surface area contributed by atoms with Crippen LogP contribution in [0.3, 0.4) is 0 Å². The van der Waals surface area contributed by atoms with Gasteiger partial charge in [0.2, 0.25) is 0 Å². The number of aliphatic hydroxyl groups excluding tert-OH is 2. The minimum atomic E-state index is -2.27. The fraction of sp³-hybridized carbons (Fsp3) is 0.600. The molecule has 0 aliphatic carbocycles. The molecule has 1 aromatic rings. The van der Waals surface area contributed by atoms with Crippen LogP contribution in [0.2, 0.25) is 10.0 Å². The molecule has 2 atom stereocenters. The molecular weight excluding hydrogens is 451 g/mol. The summed E-state index contributed by atoms with van der Waals surface area (Å²) in [6, 6.07) is 5.65. The van der Waals surface area contributed by atoms with Gasteiger partial charge in [-0.3, -0.25) is 4.90 Å². The van der Waals surface area contributed by atoms with Gasteiger partial charge in [-0.05, 0) is 43.9 Å². The van der Waals surface area contributed by atoms with Crippen molar-refractivity contribution in [1.82, 2.24) is 10.2 Å². The van der Waals surface area contributed by atoms with Crippen molar-refractivity contribution in [3.63, 3.8) is 0 Å². The second kappa shape index (κ2) is 12.5. The van der Waals surface area contributed by atoms with E-state index in [4.69, 9.17) is 43.6 Å². The number of rotatable bonds is 10. The summed E-state index contributed by atoms with van der Waals surface area (Å²) in [7, 11) is 0. The Morgan fingerprint density at radius 2 is 1.71 bits per heavy atom. The molecule has 9 nitrogen and oxygen atoms in total. The average Bonchev–Trinajstić information content (AvgIpc) is 2.62. The van der Waals surface area contributed by atoms with Crippen LogP contribution in [0.15, 0.2) is 18.2 Å². The SMILES string of the molecule is CC(C)(O)CCN(Cc1ccc(Cl)cc1Cl)CC1CNC1.O=C(O)C(O)C(O)C(=O)O. The number of halogens is 2. The second-order valence-electron chi connectivity index (χ2n) is 8.12. The quantitative estimate of drug-likeness (QED) is 0.288. The van der Waals surface area contributed by atoms with Gasteiger partial charge in [-0.25, -0.2) is 9.59 Å². The third-order valence-electron chi connectivity index (χ3n) is 4.64. The number of carboxylic acid groups (broad SMARTS) is 2. The number of benzene rings is 1. The van der Waals surface area contributed by atoms with Crippen molar-refractivity contribution >= 4 is 35.1 Å². The summed E-state index contributed by atoms with van der Waals surface area (Å²) in [6.45, 7) is 8.54. The number of carboxylic acids is 2. The lowest BCUT2D eigenvalue weighted by molar-refractivity contribution is -0.165. The number of hydrogen-bond acceptors (Lipinski definition) is 7. The topological polar surface area (TPSA) is 151 Å². The van der Waals surface area contributed by atoms with E-state index in [0.717, 1.165) is 44.7 Å². The van der Waals surface area contributed by atoms with Crippen LogP contribution >= 0.6 is 23.2 Å². The molecule has 6 N–H and O–H groups in total. The fourth-order valence-electron chi connectivity index (χ4n) is 2.67. The highest BCUT2D eigenvalue weighted by Gasteiger charge is 2.29. The van der Waals surface area contributed by atoms with Crippen molar-refractivity contribution in [3.05, 3.63) is 33.8 Å². The van der Waals surface area contributed by atoms with Gasteiger partial charge >= 0.3 is 11.9 Å². The number of aliphatic hydroxyl groups is 3. The maximum atomic E-state index is 9.95. The van der Waals surface area contributed by atoms with Gasteiger partial charge in [0, 0.05) is 42.8 Å². The average molecular weight is 481 g/mol. The van der Waals surface area contributed by atoms with Crippen LogP contribution in [-0.2, 0) is 16.1 Å². The zero-order valence-electron chi connectivity index (χ0n) is 17.5. The molecule has 2 unspecified atom stereocenters. The van der Waals surface area contributed by atoms with Crippen LogP contribution < -0.4 is 5.32 Å². The van der Waals surface area contributed by atoms with Gasteiger partial charge in [-0.15, -0.1) is 0 Å². The zero-order valence-corrected chi connectivity index (χ0v) is 19.0. The molecule has 1 saturated heterocycles. The summed E-state index contributed by atoms with van der Waals surface area (Å²) in [5.74, 6) is -2.84. The molecule has 1 heterocycles. The monoisotopic (exact) mass is 480 g/mol. The first-order valence-electron chi connectivity index (χ1n) is 9.71. The standard InChI is InChI=1S/C16H24Cl2N2O.C4H6O6/c1-16(2,21)5-6-20(10-12-8-19-9-12)11-13-3-4-14(17)7-15(13)18;5-1(3(7)8)2(6)4(9)10/h3-4,7,12,19,21H,5-6,8-11H2,1-2H3;1-2,5-6H,(H,7,8)(H,9,10). The summed E-state index contributed by atoms with van der Waals surface area (Å²) >= 11 is 12.2. The third kappa shape index (κ3) is 10.6. The summed E-state index contributed by atoms with van der Waals surface area (Å²) in [6.07, 6.45) is -3.78. The van der Waals surface area contributed by atoms with Gasteiger partial charge in [0.15, 0.2) is 12.2 Å². The van der Waals surface area contributed by atoms with E-state index in [2.05, 4.69) is 10.2 Å². The van der Waals surface area contributed by atoms with E-state index < -0.39 is 29.7 Å². The van der Waals surface area contributed by atoms with Crippen molar-refractivity contribution in [3.8, 4) is 0 Å². The van der Waals surface area contributed by atoms with Crippen LogP contribution in [0.1, 0.15) is 25.8 Å². The summed E-state index contributed by atoms with van der Waals surface area (Å²) < 4.78 is 0. The lowest BCUT2D eigenvalue weighted by Crippen LogP contribution is -2.48. The number of carbonyl (C=O) groups is 2. The molecule has 0 aromatic heterocycles. The maximum absolute atomic E-state index is 9.95. The van der Waals surface area contributed by atoms with E-state index >= 15 is 0 Å². The minimum absolute atomic E-state index is 0.639. The van der Waals surface area contributed by atoms with Crippen LogP contribution in [0.4, 0.5) is 0 Å². The van der Waals surface area contributed by atoms with Crippen molar-refractivity contribution in [2.45, 2.75) is 44.6 Å². The lowest BCUT2D eigenvalue weighted by Gasteiger charge is -2.34. The maximum Gasteiger partial charge on any atom is 0.335 e. The van der Waals surface area contributed by atoms with Gasteiger partial charge in [0.05, 0.1) is 5.60 Å². The number of hydrogen-bond donors (Lipinski definition) is 6. The number of nitrogens with one attached hydrogen (secondary N) is 1. The normalized spacial score (nSPS) is 16.1. The highest BCUT2D eigenvalue weighted by molar-refractivity contribution is 6.35. The Labute approximate surface area is 191 Å². The largest absolute Gasteiger partial charge is 0.479 e. The molecule has 11 heteroatoms. The molecule has 0 spiro atoms. The fourth-order valence-corrected chi connectivity index (χ4v) is 3.14. The van der Waals surface area contributed by atoms with E-state index in [-0.39, 0.29) is 0 Å². The lowest BCUT2D eigenvalue weighted by atomic mass is 10.0. The third-order valence-corrected chi connectivity index (χ3v) is 5.22. The molecule has 0 bridgehead atoms. The van der Waals surface area contributed by atoms with Crippen molar-refractivity contribution in [1.29, 1.82) is 0 Å². The van der Waals surface area contributed by atoms with Crippen molar-refractivity contribution in [2.24, 2.45) is 5.92 Å². The smallest absolute Gasteiger partial charge is 0.335 e. The molecule has 1 fully saturated rings. The van der Waals surface area contributed by atoms with Gasteiger partial charge in [0.1, 0.15) is 0 Å². The van der Waals surface area contributed by atoms with Gasteiger partial charge < -0.3 is 30.8 Å². The number of aliphatic carboxylic acids is 2. The Bertz CT molecular complexity index is 721. The highest BCUT2D eigenvalue weighted by Crippen LogP contribution is 2.23. The van der Waals surface area contributed by atoms with E-state index in [1.807, 2.05) is 26.0 Å². The Morgan fingerprint density at radius 3 is 2.10 bits per heavy atom. The summed E-state index contributed by atoms with van der Waals surface area (Å²) in [5.41, 5.74) is 0.448. The van der Waals surface area contributed by atoms with Crippen LogP contribution in [0, 0.1) is 5.92 Å². The van der Waals surface area contributed by atoms with Gasteiger partial charge in [-0.2, -0.15) is 0 Å². The van der Waals surface area contributed by atoms with Crippen LogP contribution in [-0.4, -0.2) is 86.4 Å². The first-order chi connectivity index (χ1) is 14.3. The minimum Gasteiger partial charge on any atom is -0.479 e. The van der Waals surface area contributed by atoms with E-state index in [9.17, 15) is 14.7 Å². The van der Waals surface area contributed by atoms with Crippen molar-refractivity contribution in [2.75, 3.05) is 26.2 Å². The molecule has 0 saturated carbocycles. The van der Waals surface area contributed by atoms with Crippen molar-refractivity contribution < 1.29 is 35.1 Å². The first kappa shape index (κ1) is 27.6. The zero-order chi connectivity index (χ0) is 23.8. The van der Waals surface area contributed by atoms with E-state index in [1.165, 1.54) is 0 Å². The molecule has 2 rings (SSSR count). The molecule has 0 amide bonds. The second-order valence-corrected chi connectivity index (χ2v) is 8.97. The Balaban J connectivity index is 0.000000407. The van der Waals surface area contributed by atoms with E-state index in [0.29, 0.717) is 16.0 Å². The van der Waals surface area contributed by atoms with Gasteiger partial charge in [-0.1, -0.05) is 29.3 Å². The van der Waals surface area contributed by atoms with Crippen LogP contribution in [0.5, 0.6) is 0 Å². The Kier molecular flexibility index (Phi) is 11.2. The molecule has 1 aliphatic rings. The molecular formula is C20H30Cl2N2O7. The predicted octanol–water partition coefficient (Wildman–Crippen LogP) is 1.05. The summed E-state index contributed by atoms with van der Waals surface area (Å²) in [4.78, 5) is 21.9. The first-order valence-corrected chi connectivity index (χ1v) is 10.5.